The van der Waals surface area contributed by atoms with Crippen molar-refractivity contribution in [2.75, 3.05) is 40.1 Å². The lowest BCUT2D eigenvalue weighted by Crippen LogP contribution is -2.19. The van der Waals surface area contributed by atoms with E-state index in [2.05, 4.69) is 9.97 Å². The van der Waals surface area contributed by atoms with Crippen LogP contribution in [0, 0.1) is 0 Å². The third-order valence-corrected chi connectivity index (χ3v) is 1.69. The maximum Gasteiger partial charge on any atom is 0.226 e. The summed E-state index contributed by atoms with van der Waals surface area (Å²) in [6.07, 6.45) is 0. The molecule has 15 heavy (non-hydrogen) atoms. The normalized spacial score (nSPS) is 10.4. The summed E-state index contributed by atoms with van der Waals surface area (Å²) in [6, 6.07) is 1.60. The second-order valence-corrected chi connectivity index (χ2v) is 3.26. The molecule has 6 heteroatoms. The maximum atomic E-state index is 5.47. The highest BCUT2D eigenvalue weighted by atomic mass is 16.5. The van der Waals surface area contributed by atoms with Crippen molar-refractivity contribution in [1.82, 2.24) is 14.9 Å². The Bertz CT molecular complexity index is 317. The number of rotatable bonds is 5. The molecule has 0 saturated heterocycles. The van der Waals surface area contributed by atoms with Gasteiger partial charge in [-0.25, -0.2) is 0 Å². The first-order chi connectivity index (χ1) is 7.11. The van der Waals surface area contributed by atoms with E-state index in [1.165, 1.54) is 7.11 Å². The number of anilines is 1. The molecule has 0 aliphatic carbocycles. The van der Waals surface area contributed by atoms with E-state index in [0.29, 0.717) is 18.4 Å². The Balaban J connectivity index is 2.56. The van der Waals surface area contributed by atoms with Crippen molar-refractivity contribution in [2.45, 2.75) is 0 Å². The van der Waals surface area contributed by atoms with Gasteiger partial charge in [0.25, 0.3) is 0 Å². The third-order valence-electron chi connectivity index (χ3n) is 1.69. The Kier molecular flexibility index (Phi) is 4.11. The van der Waals surface area contributed by atoms with Crippen molar-refractivity contribution in [3.8, 4) is 11.8 Å². The molecule has 0 aliphatic rings. The lowest BCUT2D eigenvalue weighted by atomic mass is 10.5. The number of hydrogen-bond acceptors (Lipinski definition) is 6. The zero-order valence-corrected chi connectivity index (χ0v) is 9.23. The van der Waals surface area contributed by atoms with E-state index >= 15 is 0 Å². The molecule has 0 radical (unpaired) electrons. The van der Waals surface area contributed by atoms with Gasteiger partial charge in [-0.1, -0.05) is 0 Å². The largest absolute Gasteiger partial charge is 0.481 e. The van der Waals surface area contributed by atoms with Gasteiger partial charge in [0.15, 0.2) is 0 Å². The van der Waals surface area contributed by atoms with Gasteiger partial charge in [-0.05, 0) is 14.1 Å². The van der Waals surface area contributed by atoms with Gasteiger partial charge < -0.3 is 20.1 Å². The summed E-state index contributed by atoms with van der Waals surface area (Å²) in [5.41, 5.74) is 5.47. The number of aromatic nitrogens is 2. The highest BCUT2D eigenvalue weighted by Gasteiger charge is 2.03. The molecular formula is C9H16N4O2. The molecule has 0 bridgehead atoms. The number of nitrogens with zero attached hydrogens (tertiary/aromatic N) is 3. The zero-order chi connectivity index (χ0) is 11.3. The van der Waals surface area contributed by atoms with E-state index in [9.17, 15) is 0 Å². The molecule has 0 atom stereocenters. The lowest BCUT2D eigenvalue weighted by molar-refractivity contribution is 0.252. The van der Waals surface area contributed by atoms with Gasteiger partial charge in [-0.15, -0.1) is 0 Å². The van der Waals surface area contributed by atoms with Crippen LogP contribution in [0.5, 0.6) is 11.8 Å². The van der Waals surface area contributed by atoms with Crippen molar-refractivity contribution in [3.63, 3.8) is 0 Å². The predicted octanol–water partition coefficient (Wildman–Crippen LogP) is 0.00780. The van der Waals surface area contributed by atoms with E-state index in [0.717, 1.165) is 6.54 Å². The van der Waals surface area contributed by atoms with Crippen LogP contribution in [0.15, 0.2) is 6.07 Å². The monoisotopic (exact) mass is 212 g/mol. The molecule has 1 aromatic rings. The van der Waals surface area contributed by atoms with E-state index in [-0.39, 0.29) is 5.95 Å². The SMILES string of the molecule is COc1cc(OCCN(C)C)nc(N)n1. The van der Waals surface area contributed by atoms with E-state index in [1.54, 1.807) is 6.07 Å². The van der Waals surface area contributed by atoms with Crippen LogP contribution in [0.2, 0.25) is 0 Å². The first kappa shape index (κ1) is 11.5. The molecule has 6 nitrogen and oxygen atoms in total. The average molecular weight is 212 g/mol. The molecule has 0 saturated carbocycles. The Labute approximate surface area is 89.0 Å². The van der Waals surface area contributed by atoms with Crippen molar-refractivity contribution in [1.29, 1.82) is 0 Å². The van der Waals surface area contributed by atoms with Crippen LogP contribution in [0.4, 0.5) is 5.95 Å². The summed E-state index contributed by atoms with van der Waals surface area (Å²) in [6.45, 7) is 1.36. The highest BCUT2D eigenvalue weighted by molar-refractivity contribution is 5.29. The predicted molar refractivity (Wildman–Crippen MR) is 57.0 cm³/mol. The molecule has 0 aromatic carbocycles. The number of ether oxygens (including phenoxy) is 2. The van der Waals surface area contributed by atoms with Gasteiger partial charge in [0.1, 0.15) is 6.61 Å². The summed E-state index contributed by atoms with van der Waals surface area (Å²) in [7, 11) is 5.46. The number of likely N-dealkylation sites (N-methyl/N-ethyl adjacent to an activating group) is 1. The molecule has 1 rings (SSSR count). The van der Waals surface area contributed by atoms with Crippen molar-refractivity contribution >= 4 is 5.95 Å². The smallest absolute Gasteiger partial charge is 0.226 e. The molecule has 0 fully saturated rings. The summed E-state index contributed by atoms with van der Waals surface area (Å²) in [4.78, 5) is 9.79. The average Bonchev–Trinajstić information content (AvgIpc) is 2.16. The molecule has 0 unspecified atom stereocenters. The van der Waals surface area contributed by atoms with Gasteiger partial charge in [0.2, 0.25) is 17.7 Å². The minimum Gasteiger partial charge on any atom is -0.481 e. The van der Waals surface area contributed by atoms with Crippen LogP contribution >= 0.6 is 0 Å². The quantitative estimate of drug-likeness (QED) is 0.741. The summed E-state index contributed by atoms with van der Waals surface area (Å²) < 4.78 is 10.3. The van der Waals surface area contributed by atoms with Crippen LogP contribution in [-0.4, -0.2) is 49.2 Å². The fourth-order valence-electron chi connectivity index (χ4n) is 0.932. The van der Waals surface area contributed by atoms with E-state index in [1.807, 2.05) is 19.0 Å². The molecule has 2 N–H and O–H groups in total. The van der Waals surface area contributed by atoms with Crippen LogP contribution in [-0.2, 0) is 0 Å². The molecule has 0 spiro atoms. The number of hydrogen-bond donors (Lipinski definition) is 1. The fourth-order valence-corrected chi connectivity index (χ4v) is 0.932. The van der Waals surface area contributed by atoms with Crippen LogP contribution in [0.1, 0.15) is 0 Å². The Morgan fingerprint density at radius 3 is 2.60 bits per heavy atom. The second-order valence-electron chi connectivity index (χ2n) is 3.26. The minimum absolute atomic E-state index is 0.147. The van der Waals surface area contributed by atoms with E-state index < -0.39 is 0 Å². The first-order valence-corrected chi connectivity index (χ1v) is 4.58. The van der Waals surface area contributed by atoms with Crippen LogP contribution in [0.3, 0.4) is 0 Å². The summed E-state index contributed by atoms with van der Waals surface area (Å²) >= 11 is 0. The fraction of sp³-hybridized carbons (Fsp3) is 0.556. The zero-order valence-electron chi connectivity index (χ0n) is 9.23. The summed E-state index contributed by atoms with van der Waals surface area (Å²) in [5.74, 6) is 0.984. The highest BCUT2D eigenvalue weighted by Crippen LogP contribution is 2.15. The third kappa shape index (κ3) is 3.99. The molecule has 0 amide bonds. The molecule has 1 aromatic heterocycles. The molecule has 0 aliphatic heterocycles. The van der Waals surface area contributed by atoms with E-state index in [4.69, 9.17) is 15.2 Å². The standard InChI is InChI=1S/C9H16N4O2/c1-13(2)4-5-15-8-6-7(14-3)11-9(10)12-8/h6H,4-5H2,1-3H3,(H2,10,11,12). The molecular weight excluding hydrogens is 196 g/mol. The second kappa shape index (κ2) is 5.35. The van der Waals surface area contributed by atoms with Crippen molar-refractivity contribution < 1.29 is 9.47 Å². The Morgan fingerprint density at radius 1 is 1.33 bits per heavy atom. The van der Waals surface area contributed by atoms with Crippen molar-refractivity contribution in [3.05, 3.63) is 6.07 Å². The molecule has 84 valence electrons. The van der Waals surface area contributed by atoms with Gasteiger partial charge >= 0.3 is 0 Å². The van der Waals surface area contributed by atoms with Crippen LogP contribution < -0.4 is 15.2 Å². The van der Waals surface area contributed by atoms with Gasteiger partial charge in [-0.2, -0.15) is 9.97 Å². The van der Waals surface area contributed by atoms with Gasteiger partial charge in [0.05, 0.1) is 13.2 Å². The number of methoxy groups -OCH3 is 1. The Hall–Kier alpha value is -1.56. The minimum atomic E-state index is 0.147. The van der Waals surface area contributed by atoms with Crippen LogP contribution in [0.25, 0.3) is 0 Å². The summed E-state index contributed by atoms with van der Waals surface area (Å²) in [5, 5.41) is 0. The van der Waals surface area contributed by atoms with Crippen molar-refractivity contribution in [2.24, 2.45) is 0 Å². The Morgan fingerprint density at radius 2 is 2.00 bits per heavy atom. The molecule has 1 heterocycles. The van der Waals surface area contributed by atoms with Gasteiger partial charge in [0, 0.05) is 6.54 Å². The number of nitrogens with two attached hydrogens (primary N) is 1. The number of nitrogen functional groups attached to an aromatic ring is 1. The van der Waals surface area contributed by atoms with Gasteiger partial charge in [-0.3, -0.25) is 0 Å². The first-order valence-electron chi connectivity index (χ1n) is 4.58. The lowest BCUT2D eigenvalue weighted by Gasteiger charge is -2.10. The maximum absolute atomic E-state index is 5.47. The topological polar surface area (TPSA) is 73.5 Å².